The topological polar surface area (TPSA) is 118 Å². The molecule has 302 valence electrons. The van der Waals surface area contributed by atoms with Crippen molar-refractivity contribution < 1.29 is 9.59 Å². The van der Waals surface area contributed by atoms with E-state index >= 15 is 0 Å². The highest BCUT2D eigenvalue weighted by Gasteiger charge is 2.26. The molecule has 0 spiro atoms. The zero-order chi connectivity index (χ0) is 41.2. The number of nitrogens with zero attached hydrogens (tertiary/aromatic N) is 8. The Morgan fingerprint density at radius 3 is 1.64 bits per heavy atom. The summed E-state index contributed by atoms with van der Waals surface area (Å²) in [7, 11) is 3.86. The first-order valence-corrected chi connectivity index (χ1v) is 20.5. The summed E-state index contributed by atoms with van der Waals surface area (Å²) in [4.78, 5) is 55.3. The molecule has 0 unspecified atom stereocenters. The lowest BCUT2D eigenvalue weighted by molar-refractivity contribution is -0.120. The Bertz CT molecular complexity index is 1970. The molecule has 11 heteroatoms. The highest BCUT2D eigenvalue weighted by atomic mass is 35.5. The number of fused-ring (bicyclic) bond motifs is 2. The number of rotatable bonds is 11. The summed E-state index contributed by atoms with van der Waals surface area (Å²) < 4.78 is 0. The lowest BCUT2D eigenvalue weighted by Gasteiger charge is -2.23. The number of anilines is 2. The second-order valence-corrected chi connectivity index (χ2v) is 17.9. The van der Waals surface area contributed by atoms with Crippen LogP contribution in [-0.4, -0.2) is 68.7 Å². The van der Waals surface area contributed by atoms with E-state index in [1.54, 1.807) is 0 Å². The average Bonchev–Trinajstić information content (AvgIpc) is 3.79. The van der Waals surface area contributed by atoms with Crippen LogP contribution in [0.2, 0.25) is 5.28 Å². The van der Waals surface area contributed by atoms with E-state index in [1.165, 1.54) is 16.7 Å². The Morgan fingerprint density at radius 1 is 0.679 bits per heavy atom. The van der Waals surface area contributed by atoms with Gasteiger partial charge in [0.05, 0.1) is 18.8 Å². The highest BCUT2D eigenvalue weighted by molar-refractivity contribution is 6.28. The number of likely N-dealkylation sites (N-methyl/N-ethyl adjacent to an activating group) is 2. The number of Topliss-reactive ketones (excluding diaryl/α,β-unsaturated/α-hetero) is 2. The quantitative estimate of drug-likeness (QED) is 0.136. The van der Waals surface area contributed by atoms with Crippen LogP contribution < -0.4 is 9.80 Å². The number of ketones is 2. The fourth-order valence-corrected chi connectivity index (χ4v) is 7.34. The van der Waals surface area contributed by atoms with E-state index in [4.69, 9.17) is 21.6 Å². The van der Waals surface area contributed by atoms with E-state index in [9.17, 15) is 9.59 Å². The van der Waals surface area contributed by atoms with Gasteiger partial charge in [0.15, 0.2) is 17.4 Å². The molecule has 2 aliphatic rings. The maximum Gasteiger partial charge on any atom is 0.224 e. The number of aromatic nitrogens is 6. The summed E-state index contributed by atoms with van der Waals surface area (Å²) in [6, 6.07) is 8.24. The van der Waals surface area contributed by atoms with Gasteiger partial charge in [0, 0.05) is 61.8 Å². The van der Waals surface area contributed by atoms with E-state index in [2.05, 4.69) is 87.5 Å². The minimum atomic E-state index is 0.00121. The van der Waals surface area contributed by atoms with Crippen molar-refractivity contribution in [3.8, 4) is 11.5 Å². The van der Waals surface area contributed by atoms with Crippen LogP contribution in [0.1, 0.15) is 120 Å². The number of hydrogen-bond acceptors (Lipinski definition) is 10. The Labute approximate surface area is 340 Å². The van der Waals surface area contributed by atoms with Crippen molar-refractivity contribution in [2.24, 2.45) is 10.8 Å². The first kappa shape index (κ1) is 44.4. The van der Waals surface area contributed by atoms with Crippen LogP contribution in [0.4, 0.5) is 11.6 Å². The van der Waals surface area contributed by atoms with Gasteiger partial charge in [0.2, 0.25) is 5.28 Å². The van der Waals surface area contributed by atoms with Gasteiger partial charge in [-0.05, 0) is 116 Å². The number of hydrogen-bond donors (Lipinski definition) is 0. The molecule has 0 amide bonds. The van der Waals surface area contributed by atoms with Gasteiger partial charge in [-0.25, -0.2) is 19.9 Å². The summed E-state index contributed by atoms with van der Waals surface area (Å²) in [6.45, 7) is 19.5. The Kier molecular flexibility index (Phi) is 15.6. The fraction of sp³-hybridized carbons (Fsp3) is 0.556. The molecule has 6 rings (SSSR count). The van der Waals surface area contributed by atoms with Gasteiger partial charge >= 0.3 is 0 Å². The summed E-state index contributed by atoms with van der Waals surface area (Å²) >= 11 is 5.98. The smallest absolute Gasteiger partial charge is 0.224 e. The summed E-state index contributed by atoms with van der Waals surface area (Å²) in [6.07, 6.45) is 12.9. The third kappa shape index (κ3) is 13.4. The van der Waals surface area contributed by atoms with E-state index in [0.717, 1.165) is 91.3 Å². The van der Waals surface area contributed by atoms with Gasteiger partial charge in [-0.1, -0.05) is 55.4 Å². The average molecular weight is 784 g/mol. The number of carbonyl (C=O) groups excluding carboxylic acids is 2. The molecule has 4 heterocycles. The van der Waals surface area contributed by atoms with Crippen LogP contribution >= 0.6 is 11.6 Å². The van der Waals surface area contributed by atoms with Crippen molar-refractivity contribution in [1.82, 2.24) is 29.9 Å². The lowest BCUT2D eigenvalue weighted by Crippen LogP contribution is -2.30. The predicted octanol–water partition coefficient (Wildman–Crippen LogP) is 9.04. The molecular weight excluding hydrogens is 720 g/mol. The third-order valence-corrected chi connectivity index (χ3v) is 9.80. The van der Waals surface area contributed by atoms with E-state index in [1.807, 2.05) is 55.3 Å². The molecule has 0 saturated heterocycles. The standard InChI is InChI=1S/C22H30N4O.C15H22ClN3O.C8H11N/c1-6-15-10-11-23-19(12-15)20-24-18-9-7-8-17(18)21(25-20)26(5)14-16(27)13-22(2,3)4;1-15(2,3)8-10(20)9-19(4)13-11-6-5-7-12(11)17-14(16)18-13;1-3-8-4-5-9-7(2)6-8/h10-12H,6-9,13-14H2,1-5H3;5-9H2,1-4H3;4-6H,3H2,1-2H3. The first-order valence-electron chi connectivity index (χ1n) is 20.1. The van der Waals surface area contributed by atoms with Crippen molar-refractivity contribution >= 4 is 34.8 Å². The molecule has 0 radical (unpaired) electrons. The Morgan fingerprint density at radius 2 is 1.16 bits per heavy atom. The second-order valence-electron chi connectivity index (χ2n) is 17.6. The molecule has 0 N–H and O–H groups in total. The first-order chi connectivity index (χ1) is 26.3. The molecule has 4 aromatic heterocycles. The monoisotopic (exact) mass is 782 g/mol. The van der Waals surface area contributed by atoms with E-state index in [-0.39, 0.29) is 27.7 Å². The van der Waals surface area contributed by atoms with Gasteiger partial charge < -0.3 is 9.80 Å². The fourth-order valence-electron chi connectivity index (χ4n) is 7.16. The minimum absolute atomic E-state index is 0.00121. The second kappa shape index (κ2) is 19.7. The molecule has 0 saturated carbocycles. The summed E-state index contributed by atoms with van der Waals surface area (Å²) in [5.41, 5.74) is 9.00. The van der Waals surface area contributed by atoms with Crippen molar-refractivity contribution in [2.75, 3.05) is 37.0 Å². The van der Waals surface area contributed by atoms with Gasteiger partial charge in [-0.3, -0.25) is 19.6 Å². The van der Waals surface area contributed by atoms with Gasteiger partial charge in [0.1, 0.15) is 17.3 Å². The molecule has 2 aliphatic carbocycles. The van der Waals surface area contributed by atoms with E-state index in [0.29, 0.717) is 31.8 Å². The number of carbonyl (C=O) groups is 2. The Balaban J connectivity index is 0.000000209. The highest BCUT2D eigenvalue weighted by Crippen LogP contribution is 2.32. The normalized spacial score (nSPS) is 13.1. The molecule has 0 bridgehead atoms. The maximum atomic E-state index is 12.5. The number of aryl methyl sites for hydroxylation is 5. The SMILES string of the molecule is CCc1ccnc(-c2nc3c(c(N(C)CC(=O)CC(C)(C)C)n2)CCC3)c1.CCc1ccnc(C)c1.CN(CC(=O)CC(C)(C)C)c1nc(Cl)nc2c1CCC2. The molecule has 0 atom stereocenters. The molecule has 0 aromatic carbocycles. The number of halogens is 1. The van der Waals surface area contributed by atoms with Crippen LogP contribution in [0, 0.1) is 17.8 Å². The van der Waals surface area contributed by atoms with Crippen LogP contribution in [0.25, 0.3) is 11.5 Å². The van der Waals surface area contributed by atoms with Crippen molar-refractivity contribution in [3.05, 3.63) is 81.3 Å². The van der Waals surface area contributed by atoms with Crippen molar-refractivity contribution in [2.45, 2.75) is 127 Å². The van der Waals surface area contributed by atoms with Crippen LogP contribution in [0.5, 0.6) is 0 Å². The van der Waals surface area contributed by atoms with Crippen LogP contribution in [0.15, 0.2) is 36.7 Å². The summed E-state index contributed by atoms with van der Waals surface area (Å²) in [5, 5.41) is 0.274. The summed E-state index contributed by atoms with van der Waals surface area (Å²) in [5.74, 6) is 2.83. The van der Waals surface area contributed by atoms with Crippen molar-refractivity contribution in [3.63, 3.8) is 0 Å². The lowest BCUT2D eigenvalue weighted by atomic mass is 9.90. The molecule has 4 aromatic rings. The largest absolute Gasteiger partial charge is 0.352 e. The van der Waals surface area contributed by atoms with E-state index < -0.39 is 0 Å². The minimum Gasteiger partial charge on any atom is -0.352 e. The van der Waals surface area contributed by atoms with Crippen LogP contribution in [-0.2, 0) is 48.1 Å². The van der Waals surface area contributed by atoms with Gasteiger partial charge in [-0.2, -0.15) is 0 Å². The maximum absolute atomic E-state index is 12.5. The molecule has 10 nitrogen and oxygen atoms in total. The zero-order valence-electron chi connectivity index (χ0n) is 35.7. The van der Waals surface area contributed by atoms with Gasteiger partial charge in [-0.15, -0.1) is 0 Å². The third-order valence-electron chi connectivity index (χ3n) is 9.63. The molecular formula is C45H63ClN8O2. The Hall–Kier alpha value is -4.31. The molecule has 0 fully saturated rings. The van der Waals surface area contributed by atoms with Gasteiger partial charge in [0.25, 0.3) is 0 Å². The zero-order valence-corrected chi connectivity index (χ0v) is 36.5. The molecule has 0 aliphatic heterocycles. The number of pyridine rings is 2. The molecule has 56 heavy (non-hydrogen) atoms. The van der Waals surface area contributed by atoms with Crippen LogP contribution in [0.3, 0.4) is 0 Å². The predicted molar refractivity (Wildman–Crippen MR) is 229 cm³/mol. The van der Waals surface area contributed by atoms with Crippen molar-refractivity contribution in [1.29, 1.82) is 0 Å².